The predicted molar refractivity (Wildman–Crippen MR) is 76.6 cm³/mol. The van der Waals surface area contributed by atoms with Crippen LogP contribution >= 0.6 is 0 Å². The van der Waals surface area contributed by atoms with Gasteiger partial charge >= 0.3 is 5.97 Å². The highest BCUT2D eigenvalue weighted by molar-refractivity contribution is 5.76. The van der Waals surface area contributed by atoms with E-state index in [9.17, 15) is 18.7 Å². The number of anilines is 1. The maximum Gasteiger partial charge on any atom is 0.308 e. The molecule has 0 radical (unpaired) electrons. The second-order valence-electron chi connectivity index (χ2n) is 5.76. The van der Waals surface area contributed by atoms with Crippen LogP contribution < -0.4 is 4.90 Å². The van der Waals surface area contributed by atoms with Crippen LogP contribution in [-0.2, 0) is 4.79 Å². The Morgan fingerprint density at radius 1 is 1.27 bits per heavy atom. The molecule has 0 spiro atoms. The molecule has 116 valence electrons. The number of carboxylic acid groups (broad SMARTS) is 1. The number of carbonyl (C=O) groups is 1. The lowest BCUT2D eigenvalue weighted by atomic mass is 9.90. The summed E-state index contributed by atoms with van der Waals surface area (Å²) in [5, 5.41) is 9.21. The zero-order chi connectivity index (χ0) is 15.9. The van der Waals surface area contributed by atoms with E-state index in [0.29, 0.717) is 25.3 Å². The van der Waals surface area contributed by atoms with Crippen molar-refractivity contribution in [1.82, 2.24) is 9.97 Å². The molecule has 0 saturated carbocycles. The molecule has 1 aliphatic heterocycles. The first-order valence-electron chi connectivity index (χ1n) is 7.03. The van der Waals surface area contributed by atoms with Gasteiger partial charge in [-0.1, -0.05) is 6.92 Å². The average Bonchev–Trinajstić information content (AvgIpc) is 2.47. The molecule has 1 N–H and O–H groups in total. The minimum absolute atomic E-state index is 0.206. The van der Waals surface area contributed by atoms with Gasteiger partial charge in [0, 0.05) is 25.2 Å². The Kier molecular flexibility index (Phi) is 3.64. The Hall–Kier alpha value is -2.31. The van der Waals surface area contributed by atoms with E-state index in [2.05, 4.69) is 9.97 Å². The Bertz CT molecular complexity index is 738. The van der Waals surface area contributed by atoms with Crippen molar-refractivity contribution >= 4 is 22.8 Å². The van der Waals surface area contributed by atoms with E-state index in [4.69, 9.17) is 0 Å². The first-order chi connectivity index (χ1) is 10.4. The topological polar surface area (TPSA) is 66.3 Å². The van der Waals surface area contributed by atoms with Gasteiger partial charge in [0.05, 0.1) is 23.1 Å². The fourth-order valence-electron chi connectivity index (χ4n) is 2.87. The van der Waals surface area contributed by atoms with E-state index in [0.717, 1.165) is 12.1 Å². The second-order valence-corrected chi connectivity index (χ2v) is 5.76. The van der Waals surface area contributed by atoms with Crippen LogP contribution in [0, 0.1) is 23.5 Å². The van der Waals surface area contributed by atoms with Crippen molar-refractivity contribution in [1.29, 1.82) is 0 Å². The van der Waals surface area contributed by atoms with Crippen LogP contribution in [0.1, 0.15) is 13.3 Å². The SMILES string of the molecule is CC1CC(C(=O)O)CN(c2cnc3cc(F)c(F)cc3n2)C1. The Balaban J connectivity index is 1.95. The van der Waals surface area contributed by atoms with E-state index >= 15 is 0 Å². The molecule has 1 saturated heterocycles. The molecule has 3 rings (SSSR count). The molecule has 0 amide bonds. The first-order valence-corrected chi connectivity index (χ1v) is 7.03. The second kappa shape index (κ2) is 5.47. The standard InChI is InChI=1S/C15H15F2N3O2/c1-8-2-9(15(21)22)7-20(6-8)14-5-18-12-3-10(16)11(17)4-13(12)19-14/h3-5,8-9H,2,6-7H2,1H3,(H,21,22). The van der Waals surface area contributed by atoms with E-state index in [1.54, 1.807) is 0 Å². The van der Waals surface area contributed by atoms with Gasteiger partial charge in [0.1, 0.15) is 5.82 Å². The van der Waals surface area contributed by atoms with Crippen LogP contribution in [-0.4, -0.2) is 34.1 Å². The van der Waals surface area contributed by atoms with Gasteiger partial charge in [-0.05, 0) is 12.3 Å². The third kappa shape index (κ3) is 2.70. The van der Waals surface area contributed by atoms with Crippen molar-refractivity contribution in [2.24, 2.45) is 11.8 Å². The lowest BCUT2D eigenvalue weighted by molar-refractivity contribution is -0.142. The number of nitrogens with zero attached hydrogens (tertiary/aromatic N) is 3. The summed E-state index contributed by atoms with van der Waals surface area (Å²) < 4.78 is 26.5. The molecular weight excluding hydrogens is 292 g/mol. The van der Waals surface area contributed by atoms with Crippen LogP contribution in [0.2, 0.25) is 0 Å². The number of hydrogen-bond acceptors (Lipinski definition) is 4. The van der Waals surface area contributed by atoms with Crippen LogP contribution in [0.15, 0.2) is 18.3 Å². The van der Waals surface area contributed by atoms with Crippen molar-refractivity contribution in [3.63, 3.8) is 0 Å². The Morgan fingerprint density at radius 2 is 1.95 bits per heavy atom. The number of carboxylic acids is 1. The summed E-state index contributed by atoms with van der Waals surface area (Å²) in [7, 11) is 0. The Morgan fingerprint density at radius 3 is 2.64 bits per heavy atom. The van der Waals surface area contributed by atoms with Crippen molar-refractivity contribution in [2.45, 2.75) is 13.3 Å². The number of aromatic nitrogens is 2. The maximum atomic E-state index is 13.3. The van der Waals surface area contributed by atoms with Gasteiger partial charge in [-0.2, -0.15) is 0 Å². The molecule has 1 aromatic carbocycles. The largest absolute Gasteiger partial charge is 0.481 e. The lowest BCUT2D eigenvalue weighted by Gasteiger charge is -2.35. The van der Waals surface area contributed by atoms with Crippen molar-refractivity contribution in [3.05, 3.63) is 30.0 Å². The normalized spacial score (nSPS) is 22.0. The van der Waals surface area contributed by atoms with Crippen LogP contribution in [0.3, 0.4) is 0 Å². The maximum absolute atomic E-state index is 13.3. The molecule has 5 nitrogen and oxygen atoms in total. The summed E-state index contributed by atoms with van der Waals surface area (Å²) in [5.41, 5.74) is 0.518. The molecule has 7 heteroatoms. The summed E-state index contributed by atoms with van der Waals surface area (Å²) in [6.45, 7) is 2.98. The van der Waals surface area contributed by atoms with Crippen LogP contribution in [0.5, 0.6) is 0 Å². The third-order valence-corrected chi connectivity index (χ3v) is 3.90. The molecule has 1 aliphatic rings. The summed E-state index contributed by atoms with van der Waals surface area (Å²) >= 11 is 0. The highest BCUT2D eigenvalue weighted by atomic mass is 19.2. The summed E-state index contributed by atoms with van der Waals surface area (Å²) in [6, 6.07) is 2.00. The number of rotatable bonds is 2. The minimum atomic E-state index is -0.977. The number of halogens is 2. The highest BCUT2D eigenvalue weighted by Gasteiger charge is 2.30. The third-order valence-electron chi connectivity index (χ3n) is 3.90. The van der Waals surface area contributed by atoms with Crippen molar-refractivity contribution in [2.75, 3.05) is 18.0 Å². The van der Waals surface area contributed by atoms with Gasteiger partial charge in [-0.25, -0.2) is 13.8 Å². The van der Waals surface area contributed by atoms with E-state index in [-0.39, 0.29) is 17.0 Å². The zero-order valence-electron chi connectivity index (χ0n) is 12.0. The molecule has 0 bridgehead atoms. The van der Waals surface area contributed by atoms with E-state index in [1.165, 1.54) is 6.20 Å². The van der Waals surface area contributed by atoms with Gasteiger partial charge in [-0.15, -0.1) is 0 Å². The predicted octanol–water partition coefficient (Wildman–Crippen LogP) is 2.46. The Labute approximate surface area is 125 Å². The number of benzene rings is 1. The molecule has 22 heavy (non-hydrogen) atoms. The quantitative estimate of drug-likeness (QED) is 0.923. The monoisotopic (exact) mass is 307 g/mol. The fraction of sp³-hybridized carbons (Fsp3) is 0.400. The first kappa shape index (κ1) is 14.6. The number of aliphatic carboxylic acids is 1. The summed E-state index contributed by atoms with van der Waals surface area (Å²) in [6.07, 6.45) is 2.09. The molecular formula is C15H15F2N3O2. The van der Waals surface area contributed by atoms with Gasteiger partial charge in [0.25, 0.3) is 0 Å². The minimum Gasteiger partial charge on any atom is -0.481 e. The van der Waals surface area contributed by atoms with E-state index < -0.39 is 23.5 Å². The summed E-state index contributed by atoms with van der Waals surface area (Å²) in [5.74, 6) is -2.56. The molecule has 2 heterocycles. The number of hydrogen-bond donors (Lipinski definition) is 1. The molecule has 1 fully saturated rings. The van der Waals surface area contributed by atoms with Gasteiger partial charge in [-0.3, -0.25) is 9.78 Å². The van der Waals surface area contributed by atoms with Gasteiger partial charge < -0.3 is 10.0 Å². The number of fused-ring (bicyclic) bond motifs is 1. The van der Waals surface area contributed by atoms with Crippen molar-refractivity contribution in [3.8, 4) is 0 Å². The van der Waals surface area contributed by atoms with E-state index in [1.807, 2.05) is 11.8 Å². The smallest absolute Gasteiger partial charge is 0.308 e. The van der Waals surface area contributed by atoms with Crippen molar-refractivity contribution < 1.29 is 18.7 Å². The van der Waals surface area contributed by atoms with Gasteiger partial charge in [0.2, 0.25) is 0 Å². The molecule has 1 aromatic heterocycles. The van der Waals surface area contributed by atoms with Crippen LogP contribution in [0.25, 0.3) is 11.0 Å². The lowest BCUT2D eigenvalue weighted by Crippen LogP contribution is -2.43. The fourth-order valence-corrected chi connectivity index (χ4v) is 2.87. The molecule has 2 aromatic rings. The zero-order valence-corrected chi connectivity index (χ0v) is 12.0. The molecule has 2 unspecified atom stereocenters. The average molecular weight is 307 g/mol. The number of piperidine rings is 1. The molecule has 0 aliphatic carbocycles. The van der Waals surface area contributed by atoms with Gasteiger partial charge in [0.15, 0.2) is 11.6 Å². The van der Waals surface area contributed by atoms with Crippen LogP contribution in [0.4, 0.5) is 14.6 Å². The molecule has 2 atom stereocenters. The highest BCUT2D eigenvalue weighted by Crippen LogP contribution is 2.26. The summed E-state index contributed by atoms with van der Waals surface area (Å²) in [4.78, 5) is 21.4.